The first-order valence-corrected chi connectivity index (χ1v) is 22.6. The highest BCUT2D eigenvalue weighted by atomic mass is 28.3. The van der Waals surface area contributed by atoms with Gasteiger partial charge >= 0.3 is 0 Å². The van der Waals surface area contributed by atoms with Crippen LogP contribution < -0.4 is 25.6 Å². The van der Waals surface area contributed by atoms with Crippen LogP contribution in [-0.2, 0) is 0 Å². The molecule has 0 aliphatic carbocycles. The monoisotopic (exact) mass is 823 g/mol. The summed E-state index contributed by atoms with van der Waals surface area (Å²) in [5.41, 5.74) is 6.69. The summed E-state index contributed by atoms with van der Waals surface area (Å²) in [7, 11) is -3.31. The SMILES string of the molecule is Fc1ccc([Si](c2ccc(F)cc2)(c2ccc(F)cc2)c2ccc(N(c3ccc(-c4ccccc4)c4ccccc34)c3cc4ccccc4c4oc5ccccc5c34)cc2)cc1. The van der Waals surface area contributed by atoms with Crippen molar-refractivity contribution in [2.75, 3.05) is 4.90 Å². The summed E-state index contributed by atoms with van der Waals surface area (Å²) < 4.78 is 50.7. The molecule has 0 fully saturated rings. The predicted molar refractivity (Wildman–Crippen MR) is 252 cm³/mol. The lowest BCUT2D eigenvalue weighted by molar-refractivity contribution is 0.628. The van der Waals surface area contributed by atoms with Gasteiger partial charge in [0.2, 0.25) is 0 Å². The van der Waals surface area contributed by atoms with E-state index in [2.05, 4.69) is 114 Å². The van der Waals surface area contributed by atoms with E-state index < -0.39 is 8.07 Å². The maximum Gasteiger partial charge on any atom is 0.179 e. The van der Waals surface area contributed by atoms with Crippen LogP contribution in [0, 0.1) is 17.5 Å². The Hall–Kier alpha value is -7.67. The number of para-hydroxylation sites is 1. The second-order valence-electron chi connectivity index (χ2n) is 15.6. The molecule has 62 heavy (non-hydrogen) atoms. The molecule has 11 aromatic rings. The van der Waals surface area contributed by atoms with Gasteiger partial charge < -0.3 is 9.32 Å². The molecule has 0 aliphatic heterocycles. The Morgan fingerprint density at radius 1 is 0.387 bits per heavy atom. The van der Waals surface area contributed by atoms with Gasteiger partial charge in [-0.25, -0.2) is 13.2 Å². The average molecular weight is 824 g/mol. The zero-order valence-electron chi connectivity index (χ0n) is 33.3. The molecule has 0 radical (unpaired) electrons. The van der Waals surface area contributed by atoms with Gasteiger partial charge in [-0.3, -0.25) is 0 Å². The number of anilines is 3. The lowest BCUT2D eigenvalue weighted by Gasteiger charge is -2.35. The molecule has 6 heteroatoms. The van der Waals surface area contributed by atoms with Crippen LogP contribution in [0.3, 0.4) is 0 Å². The number of nitrogens with zero attached hydrogens (tertiary/aromatic N) is 1. The third-order valence-electron chi connectivity index (χ3n) is 12.2. The number of halogens is 3. The van der Waals surface area contributed by atoms with Crippen molar-refractivity contribution >= 4 is 89.4 Å². The summed E-state index contributed by atoms with van der Waals surface area (Å²) in [6.45, 7) is 0. The van der Waals surface area contributed by atoms with Crippen molar-refractivity contribution in [1.82, 2.24) is 0 Å². The van der Waals surface area contributed by atoms with Crippen molar-refractivity contribution in [3.8, 4) is 11.1 Å². The van der Waals surface area contributed by atoms with E-state index in [1.807, 2.05) is 72.8 Å². The molecule has 0 spiro atoms. The van der Waals surface area contributed by atoms with Crippen LogP contribution in [0.5, 0.6) is 0 Å². The minimum absolute atomic E-state index is 0.361. The standard InChI is InChI=1S/C56H36F3NOSi/c57-39-18-26-43(27-19-39)62(44-28-20-40(58)21-29-44,45-30-22-41(59)23-31-45)46-32-24-42(25-33-46)60(52-35-34-47(37-10-2-1-3-11-37)49-14-6-7-15-50(49)52)53-36-38-12-4-5-13-48(38)56-55(53)51-16-8-9-17-54(51)61-56/h1-36H. The Bertz CT molecular complexity index is 3310. The Kier molecular flexibility index (Phi) is 9.09. The Morgan fingerprint density at radius 2 is 0.871 bits per heavy atom. The van der Waals surface area contributed by atoms with Crippen molar-refractivity contribution in [3.05, 3.63) is 236 Å². The van der Waals surface area contributed by atoms with Gasteiger partial charge in [0.25, 0.3) is 0 Å². The van der Waals surface area contributed by atoms with E-state index in [1.165, 1.54) is 36.4 Å². The van der Waals surface area contributed by atoms with Crippen molar-refractivity contribution < 1.29 is 17.6 Å². The van der Waals surface area contributed by atoms with Crippen LogP contribution in [0.15, 0.2) is 223 Å². The van der Waals surface area contributed by atoms with Crippen LogP contribution in [0.25, 0.3) is 54.6 Å². The molecule has 0 amide bonds. The summed E-state index contributed by atoms with van der Waals surface area (Å²) in [6.07, 6.45) is 0. The molecule has 1 heterocycles. The highest BCUT2D eigenvalue weighted by Gasteiger charge is 2.42. The van der Waals surface area contributed by atoms with Crippen LogP contribution in [0.1, 0.15) is 0 Å². The summed E-state index contributed by atoms with van der Waals surface area (Å²) in [5.74, 6) is -1.08. The highest BCUT2D eigenvalue weighted by Crippen LogP contribution is 2.48. The first-order valence-electron chi connectivity index (χ1n) is 20.6. The largest absolute Gasteiger partial charge is 0.455 e. The van der Waals surface area contributed by atoms with E-state index in [-0.39, 0.29) is 17.5 Å². The third-order valence-corrected chi connectivity index (χ3v) is 17.0. The fourth-order valence-electron chi connectivity index (χ4n) is 9.43. The van der Waals surface area contributed by atoms with Crippen LogP contribution in [-0.4, -0.2) is 8.07 Å². The molecular weight excluding hydrogens is 788 g/mol. The molecule has 0 N–H and O–H groups in total. The van der Waals surface area contributed by atoms with Crippen LogP contribution >= 0.6 is 0 Å². The van der Waals surface area contributed by atoms with Crippen molar-refractivity contribution in [2.24, 2.45) is 0 Å². The maximum absolute atomic E-state index is 14.7. The fraction of sp³-hybridized carbons (Fsp3) is 0. The molecule has 10 aromatic carbocycles. The molecule has 11 rings (SSSR count). The van der Waals surface area contributed by atoms with Crippen molar-refractivity contribution in [3.63, 3.8) is 0 Å². The smallest absolute Gasteiger partial charge is 0.179 e. The van der Waals surface area contributed by atoms with E-state index in [4.69, 9.17) is 4.42 Å². The molecular formula is C56H36F3NOSi. The van der Waals surface area contributed by atoms with Gasteiger partial charge in [-0.15, -0.1) is 0 Å². The molecule has 1 aromatic heterocycles. The topological polar surface area (TPSA) is 16.4 Å². The molecule has 0 unspecified atom stereocenters. The Morgan fingerprint density at radius 3 is 1.47 bits per heavy atom. The summed E-state index contributed by atoms with van der Waals surface area (Å²) in [5, 5.41) is 9.85. The van der Waals surface area contributed by atoms with E-state index in [0.29, 0.717) is 0 Å². The van der Waals surface area contributed by atoms with Gasteiger partial charge in [0.05, 0.1) is 16.8 Å². The van der Waals surface area contributed by atoms with Gasteiger partial charge in [-0.05, 0) is 109 Å². The Labute approximate surface area is 357 Å². The Balaban J connectivity index is 1.21. The van der Waals surface area contributed by atoms with Gasteiger partial charge in [-0.1, -0.05) is 152 Å². The van der Waals surface area contributed by atoms with Crippen molar-refractivity contribution in [2.45, 2.75) is 0 Å². The summed E-state index contributed by atoms with van der Waals surface area (Å²) >= 11 is 0. The second kappa shape index (κ2) is 15.1. The summed E-state index contributed by atoms with van der Waals surface area (Å²) in [6, 6.07) is 70.3. The molecule has 0 aliphatic rings. The van der Waals surface area contributed by atoms with E-state index in [1.54, 1.807) is 0 Å². The first kappa shape index (κ1) is 37.3. The number of fused-ring (bicyclic) bond motifs is 6. The zero-order valence-corrected chi connectivity index (χ0v) is 34.3. The van der Waals surface area contributed by atoms with Gasteiger partial charge in [0, 0.05) is 21.8 Å². The molecule has 0 atom stereocenters. The normalized spacial score (nSPS) is 11.8. The van der Waals surface area contributed by atoms with E-state index in [0.717, 1.165) is 92.4 Å². The zero-order chi connectivity index (χ0) is 41.8. The number of benzene rings is 10. The number of hydrogen-bond donors (Lipinski definition) is 0. The van der Waals surface area contributed by atoms with Gasteiger partial charge in [-0.2, -0.15) is 0 Å². The minimum atomic E-state index is -3.31. The molecule has 0 saturated heterocycles. The number of rotatable bonds is 8. The predicted octanol–water partition coefficient (Wildman–Crippen LogP) is 12.8. The van der Waals surface area contributed by atoms with E-state index >= 15 is 0 Å². The molecule has 2 nitrogen and oxygen atoms in total. The quantitative estimate of drug-likeness (QED) is 0.112. The molecule has 0 saturated carbocycles. The number of hydrogen-bond acceptors (Lipinski definition) is 2. The highest BCUT2D eigenvalue weighted by molar-refractivity contribution is 7.19. The van der Waals surface area contributed by atoms with Crippen LogP contribution in [0.2, 0.25) is 0 Å². The number of furan rings is 1. The first-order chi connectivity index (χ1) is 30.5. The third kappa shape index (κ3) is 6.10. The van der Waals surface area contributed by atoms with Gasteiger partial charge in [0.15, 0.2) is 8.07 Å². The van der Waals surface area contributed by atoms with E-state index in [9.17, 15) is 13.2 Å². The molecule has 0 bridgehead atoms. The minimum Gasteiger partial charge on any atom is -0.455 e. The maximum atomic E-state index is 14.7. The summed E-state index contributed by atoms with van der Waals surface area (Å²) in [4.78, 5) is 2.33. The lowest BCUT2D eigenvalue weighted by atomic mass is 9.95. The van der Waals surface area contributed by atoms with Gasteiger partial charge in [0.1, 0.15) is 28.6 Å². The second-order valence-corrected chi connectivity index (χ2v) is 19.4. The fourth-order valence-corrected chi connectivity index (χ4v) is 14.1. The van der Waals surface area contributed by atoms with Crippen LogP contribution in [0.4, 0.5) is 30.2 Å². The molecule has 296 valence electrons. The lowest BCUT2D eigenvalue weighted by Crippen LogP contribution is -2.74. The average Bonchev–Trinajstić information content (AvgIpc) is 3.72. The van der Waals surface area contributed by atoms with Crippen molar-refractivity contribution in [1.29, 1.82) is 0 Å².